The van der Waals surface area contributed by atoms with Crippen molar-refractivity contribution in [3.8, 4) is 0 Å². The molecule has 5 heteroatoms. The highest BCUT2D eigenvalue weighted by molar-refractivity contribution is 7.90. The van der Waals surface area contributed by atoms with Crippen LogP contribution in [0.4, 0.5) is 0 Å². The van der Waals surface area contributed by atoms with Crippen LogP contribution in [0.5, 0.6) is 0 Å². The molecule has 2 N–H and O–H groups in total. The zero-order valence-corrected chi connectivity index (χ0v) is 11.5. The number of hydrogen-bond donors (Lipinski definition) is 2. The highest BCUT2D eigenvalue weighted by Crippen LogP contribution is 2.32. The second-order valence-corrected chi connectivity index (χ2v) is 7.53. The lowest BCUT2D eigenvalue weighted by Crippen LogP contribution is -2.54. The second-order valence-electron chi connectivity index (χ2n) is 5.43. The second kappa shape index (κ2) is 5.02. The molecule has 0 saturated heterocycles. The van der Waals surface area contributed by atoms with Gasteiger partial charge in [-0.25, -0.2) is 13.1 Å². The summed E-state index contributed by atoms with van der Waals surface area (Å²) in [6.45, 7) is 8.26. The van der Waals surface area contributed by atoms with E-state index >= 15 is 0 Å². The molecule has 0 amide bonds. The van der Waals surface area contributed by atoms with Gasteiger partial charge in [-0.2, -0.15) is 0 Å². The van der Waals surface area contributed by atoms with E-state index in [0.717, 1.165) is 19.3 Å². The number of nitrogens with one attached hydrogen (secondary N) is 2. The summed E-state index contributed by atoms with van der Waals surface area (Å²) in [5.41, 5.74) is -0.190. The minimum absolute atomic E-state index is 0.190. The normalized spacial score (nSPS) is 21.8. The molecule has 0 radical (unpaired) electrons. The lowest BCUT2D eigenvalue weighted by Gasteiger charge is -2.39. The minimum Gasteiger partial charge on any atom is -0.313 e. The van der Waals surface area contributed by atoms with E-state index < -0.39 is 10.0 Å². The van der Waals surface area contributed by atoms with Crippen LogP contribution in [-0.4, -0.2) is 31.8 Å². The van der Waals surface area contributed by atoms with Crippen LogP contribution < -0.4 is 10.0 Å². The molecule has 4 nitrogen and oxygen atoms in total. The van der Waals surface area contributed by atoms with Gasteiger partial charge in [0.1, 0.15) is 0 Å². The average molecular weight is 248 g/mol. The third-order valence-electron chi connectivity index (χ3n) is 3.19. The van der Waals surface area contributed by atoms with Crippen LogP contribution in [0, 0.1) is 0 Å². The Morgan fingerprint density at radius 3 is 2.19 bits per heavy atom. The van der Waals surface area contributed by atoms with Crippen LogP contribution in [0.15, 0.2) is 0 Å². The molecular weight excluding hydrogens is 224 g/mol. The van der Waals surface area contributed by atoms with Gasteiger partial charge in [0.25, 0.3) is 0 Å². The smallest absolute Gasteiger partial charge is 0.215 e. The molecule has 1 saturated carbocycles. The van der Waals surface area contributed by atoms with Crippen molar-refractivity contribution in [3.63, 3.8) is 0 Å². The van der Waals surface area contributed by atoms with Gasteiger partial charge in [0.2, 0.25) is 10.0 Å². The van der Waals surface area contributed by atoms with E-state index in [4.69, 9.17) is 0 Å². The van der Waals surface area contributed by atoms with E-state index in [-0.39, 0.29) is 10.8 Å². The topological polar surface area (TPSA) is 58.2 Å². The van der Waals surface area contributed by atoms with E-state index in [1.54, 1.807) is 6.92 Å². The van der Waals surface area contributed by atoms with Crippen molar-refractivity contribution in [2.75, 3.05) is 6.54 Å². The van der Waals surface area contributed by atoms with E-state index in [9.17, 15) is 8.42 Å². The first-order chi connectivity index (χ1) is 7.25. The quantitative estimate of drug-likeness (QED) is 0.743. The first kappa shape index (κ1) is 13.9. The standard InChI is InChI=1S/C11H24N2O2S/c1-9(2)12-8-10(3)16(14,15)13-11(4)6-5-7-11/h9-10,12-13H,5-8H2,1-4H3. The van der Waals surface area contributed by atoms with E-state index in [2.05, 4.69) is 10.0 Å². The molecule has 1 aliphatic rings. The Kier molecular flexibility index (Phi) is 4.37. The number of rotatable bonds is 6. The third kappa shape index (κ3) is 3.71. The zero-order chi connectivity index (χ0) is 12.4. The minimum atomic E-state index is -3.19. The summed E-state index contributed by atoms with van der Waals surface area (Å²) < 4.78 is 26.8. The first-order valence-electron chi connectivity index (χ1n) is 6.01. The summed E-state index contributed by atoms with van der Waals surface area (Å²) in [5.74, 6) is 0. The summed E-state index contributed by atoms with van der Waals surface area (Å²) in [6, 6.07) is 0.317. The Morgan fingerprint density at radius 1 is 1.25 bits per heavy atom. The van der Waals surface area contributed by atoms with Gasteiger partial charge in [0.05, 0.1) is 5.25 Å². The van der Waals surface area contributed by atoms with Crippen LogP contribution in [0.3, 0.4) is 0 Å². The van der Waals surface area contributed by atoms with Gasteiger partial charge in [0, 0.05) is 18.1 Å². The van der Waals surface area contributed by atoms with Gasteiger partial charge >= 0.3 is 0 Å². The number of sulfonamides is 1. The SMILES string of the molecule is CC(C)NCC(C)S(=O)(=O)NC1(C)CCC1. The summed E-state index contributed by atoms with van der Waals surface area (Å²) in [4.78, 5) is 0. The molecule has 0 aromatic rings. The molecule has 1 atom stereocenters. The Bertz CT molecular complexity index is 321. The Balaban J connectivity index is 2.49. The molecule has 0 bridgehead atoms. The van der Waals surface area contributed by atoms with E-state index in [1.165, 1.54) is 0 Å². The van der Waals surface area contributed by atoms with Crippen molar-refractivity contribution in [1.29, 1.82) is 0 Å². The van der Waals surface area contributed by atoms with Crippen molar-refractivity contribution >= 4 is 10.0 Å². The average Bonchev–Trinajstić information content (AvgIpc) is 2.10. The maximum absolute atomic E-state index is 12.0. The molecule has 0 aliphatic heterocycles. The van der Waals surface area contributed by atoms with Gasteiger partial charge < -0.3 is 5.32 Å². The molecule has 0 aromatic carbocycles. The molecule has 0 aromatic heterocycles. The summed E-state index contributed by atoms with van der Waals surface area (Å²) in [7, 11) is -3.19. The van der Waals surface area contributed by atoms with Crippen LogP contribution in [0.2, 0.25) is 0 Å². The van der Waals surface area contributed by atoms with Crippen molar-refractivity contribution < 1.29 is 8.42 Å². The molecule has 1 rings (SSSR count). The fourth-order valence-electron chi connectivity index (χ4n) is 1.76. The van der Waals surface area contributed by atoms with Crippen LogP contribution >= 0.6 is 0 Å². The van der Waals surface area contributed by atoms with Crippen LogP contribution in [0.25, 0.3) is 0 Å². The molecule has 1 unspecified atom stereocenters. The van der Waals surface area contributed by atoms with Gasteiger partial charge in [-0.05, 0) is 33.1 Å². The monoisotopic (exact) mass is 248 g/mol. The summed E-state index contributed by atoms with van der Waals surface area (Å²) in [6.07, 6.45) is 3.03. The van der Waals surface area contributed by atoms with Gasteiger partial charge in [-0.3, -0.25) is 0 Å². The molecule has 0 heterocycles. The maximum atomic E-state index is 12.0. The molecule has 96 valence electrons. The highest BCUT2D eigenvalue weighted by atomic mass is 32.2. The van der Waals surface area contributed by atoms with Crippen molar-refractivity contribution in [2.45, 2.75) is 63.8 Å². The van der Waals surface area contributed by atoms with Crippen molar-refractivity contribution in [1.82, 2.24) is 10.0 Å². The largest absolute Gasteiger partial charge is 0.313 e. The van der Waals surface area contributed by atoms with E-state index in [1.807, 2.05) is 20.8 Å². The van der Waals surface area contributed by atoms with Crippen molar-refractivity contribution in [3.05, 3.63) is 0 Å². The van der Waals surface area contributed by atoms with Gasteiger partial charge in [-0.15, -0.1) is 0 Å². The fourth-order valence-corrected chi connectivity index (χ4v) is 3.17. The molecule has 1 fully saturated rings. The zero-order valence-electron chi connectivity index (χ0n) is 10.7. The predicted octanol–water partition coefficient (Wildman–Crippen LogP) is 1.23. The molecule has 1 aliphatic carbocycles. The first-order valence-corrected chi connectivity index (χ1v) is 7.56. The van der Waals surface area contributed by atoms with Crippen LogP contribution in [0.1, 0.15) is 47.0 Å². The summed E-state index contributed by atoms with van der Waals surface area (Å²) in [5, 5.41) is 2.77. The fraction of sp³-hybridized carbons (Fsp3) is 1.00. The van der Waals surface area contributed by atoms with Gasteiger partial charge in [0.15, 0.2) is 0 Å². The predicted molar refractivity (Wildman–Crippen MR) is 66.9 cm³/mol. The Hall–Kier alpha value is -0.130. The summed E-state index contributed by atoms with van der Waals surface area (Å²) >= 11 is 0. The molecule has 0 spiro atoms. The maximum Gasteiger partial charge on any atom is 0.215 e. The lowest BCUT2D eigenvalue weighted by atomic mass is 9.80. The van der Waals surface area contributed by atoms with Crippen LogP contribution in [-0.2, 0) is 10.0 Å². The number of hydrogen-bond acceptors (Lipinski definition) is 3. The lowest BCUT2D eigenvalue weighted by molar-refractivity contribution is 0.247. The Labute approximate surface area is 99.2 Å². The third-order valence-corrected chi connectivity index (χ3v) is 5.19. The molecular formula is C11H24N2O2S. The van der Waals surface area contributed by atoms with E-state index in [0.29, 0.717) is 12.6 Å². The van der Waals surface area contributed by atoms with Crippen molar-refractivity contribution in [2.24, 2.45) is 0 Å². The highest BCUT2D eigenvalue weighted by Gasteiger charge is 2.37. The van der Waals surface area contributed by atoms with Gasteiger partial charge in [-0.1, -0.05) is 13.8 Å². The Morgan fingerprint density at radius 2 is 1.81 bits per heavy atom. The molecule has 16 heavy (non-hydrogen) atoms.